The molecule has 6 nitrogen and oxygen atoms in total. The fourth-order valence-corrected chi connectivity index (χ4v) is 4.51. The van der Waals surface area contributed by atoms with Crippen LogP contribution in [0, 0.1) is 6.92 Å². The summed E-state index contributed by atoms with van der Waals surface area (Å²) in [5.74, 6) is 0.0946. The monoisotopic (exact) mass is 458 g/mol. The average molecular weight is 459 g/mol. The van der Waals surface area contributed by atoms with Crippen molar-refractivity contribution in [1.82, 2.24) is 0 Å². The van der Waals surface area contributed by atoms with E-state index in [4.69, 9.17) is 16.3 Å². The van der Waals surface area contributed by atoms with Crippen molar-refractivity contribution in [3.63, 3.8) is 0 Å². The van der Waals surface area contributed by atoms with E-state index in [-0.39, 0.29) is 4.90 Å². The van der Waals surface area contributed by atoms with Crippen molar-refractivity contribution in [3.05, 3.63) is 83.4 Å². The number of nitrogens with one attached hydrogen (secondary N) is 1. The second kappa shape index (κ2) is 9.85. The molecular weight excluding hydrogens is 436 g/mol. The number of anilines is 2. The first kappa shape index (κ1) is 22.7. The Balaban J connectivity index is 1.94. The zero-order chi connectivity index (χ0) is 22.4. The third kappa shape index (κ3) is 5.57. The summed E-state index contributed by atoms with van der Waals surface area (Å²) < 4.78 is 33.3. The van der Waals surface area contributed by atoms with Crippen LogP contribution in [0.25, 0.3) is 0 Å². The molecule has 1 amide bonds. The molecule has 0 saturated carbocycles. The number of aryl methyl sites for hydroxylation is 1. The fraction of sp³-hybridized carbons (Fsp3) is 0.174. The lowest BCUT2D eigenvalue weighted by Gasteiger charge is -2.24. The summed E-state index contributed by atoms with van der Waals surface area (Å²) in [5.41, 5.74) is 1.69. The number of ether oxygens (including phenoxy) is 1. The molecule has 0 atom stereocenters. The maximum atomic E-state index is 13.4. The molecule has 1 N–H and O–H groups in total. The van der Waals surface area contributed by atoms with Crippen LogP contribution in [0.15, 0.2) is 77.7 Å². The zero-order valence-corrected chi connectivity index (χ0v) is 18.8. The fourth-order valence-electron chi connectivity index (χ4n) is 2.91. The van der Waals surface area contributed by atoms with Gasteiger partial charge in [-0.2, -0.15) is 0 Å². The number of carbonyl (C=O) groups is 1. The standard InChI is InChI=1S/C23H23ClN2O4S/c1-3-30-19-12-10-18(11-13-19)26(31(28,29)20-14-8-17(2)9-15-20)16-23(27)25-22-7-5-4-6-21(22)24/h4-15H,3,16H2,1-2H3,(H,25,27). The molecule has 0 aliphatic rings. The number of halogens is 1. The van der Waals surface area contributed by atoms with Gasteiger partial charge in [0.1, 0.15) is 12.3 Å². The lowest BCUT2D eigenvalue weighted by molar-refractivity contribution is -0.114. The Labute approximate surface area is 187 Å². The second-order valence-electron chi connectivity index (χ2n) is 6.78. The van der Waals surface area contributed by atoms with Crippen LogP contribution in [0.1, 0.15) is 12.5 Å². The molecule has 8 heteroatoms. The minimum absolute atomic E-state index is 0.0949. The van der Waals surface area contributed by atoms with Crippen LogP contribution in [0.3, 0.4) is 0 Å². The highest BCUT2D eigenvalue weighted by Crippen LogP contribution is 2.27. The maximum Gasteiger partial charge on any atom is 0.264 e. The number of hydrogen-bond donors (Lipinski definition) is 1. The smallest absolute Gasteiger partial charge is 0.264 e. The van der Waals surface area contributed by atoms with Gasteiger partial charge in [-0.25, -0.2) is 8.42 Å². The summed E-state index contributed by atoms with van der Waals surface area (Å²) in [6, 6.07) is 19.8. The van der Waals surface area contributed by atoms with Gasteiger partial charge in [0.15, 0.2) is 0 Å². The highest BCUT2D eigenvalue weighted by Gasteiger charge is 2.27. The van der Waals surface area contributed by atoms with Gasteiger partial charge in [0, 0.05) is 0 Å². The summed E-state index contributed by atoms with van der Waals surface area (Å²) >= 11 is 6.11. The molecule has 0 unspecified atom stereocenters. The molecule has 3 aromatic carbocycles. The molecule has 0 fully saturated rings. The minimum atomic E-state index is -3.99. The summed E-state index contributed by atoms with van der Waals surface area (Å²) in [6.07, 6.45) is 0. The van der Waals surface area contributed by atoms with E-state index >= 15 is 0 Å². The summed E-state index contributed by atoms with van der Waals surface area (Å²) in [6.45, 7) is 3.80. The average Bonchev–Trinajstić information content (AvgIpc) is 2.75. The van der Waals surface area contributed by atoms with Gasteiger partial charge in [-0.15, -0.1) is 0 Å². The van der Waals surface area contributed by atoms with Crippen molar-refractivity contribution in [2.45, 2.75) is 18.7 Å². The largest absolute Gasteiger partial charge is 0.494 e. The van der Waals surface area contributed by atoms with Crippen molar-refractivity contribution in [2.24, 2.45) is 0 Å². The number of hydrogen-bond acceptors (Lipinski definition) is 4. The van der Waals surface area contributed by atoms with E-state index in [1.807, 2.05) is 13.8 Å². The van der Waals surface area contributed by atoms with Gasteiger partial charge < -0.3 is 10.1 Å². The van der Waals surface area contributed by atoms with Crippen LogP contribution in [0.4, 0.5) is 11.4 Å². The van der Waals surface area contributed by atoms with E-state index < -0.39 is 22.5 Å². The number of carbonyl (C=O) groups excluding carboxylic acids is 1. The molecule has 162 valence electrons. The first-order chi connectivity index (χ1) is 14.8. The third-order valence-electron chi connectivity index (χ3n) is 4.48. The van der Waals surface area contributed by atoms with Crippen molar-refractivity contribution >= 4 is 38.9 Å². The highest BCUT2D eigenvalue weighted by atomic mass is 35.5. The second-order valence-corrected chi connectivity index (χ2v) is 9.05. The molecule has 0 bridgehead atoms. The zero-order valence-electron chi connectivity index (χ0n) is 17.2. The molecule has 0 radical (unpaired) electrons. The lowest BCUT2D eigenvalue weighted by atomic mass is 10.2. The Bertz CT molecular complexity index is 1150. The first-order valence-electron chi connectivity index (χ1n) is 9.68. The number of nitrogens with zero attached hydrogens (tertiary/aromatic N) is 1. The van der Waals surface area contributed by atoms with Gasteiger partial charge in [-0.3, -0.25) is 9.10 Å². The highest BCUT2D eigenvalue weighted by molar-refractivity contribution is 7.92. The normalized spacial score (nSPS) is 11.1. The summed E-state index contributed by atoms with van der Waals surface area (Å²) in [7, 11) is -3.99. The van der Waals surface area contributed by atoms with Crippen LogP contribution in [-0.2, 0) is 14.8 Å². The van der Waals surface area contributed by atoms with Gasteiger partial charge in [-0.05, 0) is 62.4 Å². The van der Waals surface area contributed by atoms with Gasteiger partial charge in [0.25, 0.3) is 10.0 Å². The van der Waals surface area contributed by atoms with Crippen molar-refractivity contribution < 1.29 is 17.9 Å². The first-order valence-corrected chi connectivity index (χ1v) is 11.5. The van der Waals surface area contributed by atoms with Gasteiger partial charge in [0.05, 0.1) is 27.9 Å². The van der Waals surface area contributed by atoms with E-state index in [0.29, 0.717) is 28.8 Å². The number of rotatable bonds is 8. The minimum Gasteiger partial charge on any atom is -0.494 e. The molecule has 31 heavy (non-hydrogen) atoms. The molecule has 0 aliphatic carbocycles. The molecular formula is C23H23ClN2O4S. The quantitative estimate of drug-likeness (QED) is 0.522. The van der Waals surface area contributed by atoms with E-state index in [1.165, 1.54) is 12.1 Å². The summed E-state index contributed by atoms with van der Waals surface area (Å²) in [4.78, 5) is 12.8. The third-order valence-corrected chi connectivity index (χ3v) is 6.60. The van der Waals surface area contributed by atoms with E-state index in [1.54, 1.807) is 60.7 Å². The van der Waals surface area contributed by atoms with Crippen LogP contribution in [0.2, 0.25) is 5.02 Å². The van der Waals surface area contributed by atoms with Gasteiger partial charge in [-0.1, -0.05) is 41.4 Å². The number of para-hydroxylation sites is 1. The molecule has 0 spiro atoms. The van der Waals surface area contributed by atoms with Crippen molar-refractivity contribution in [3.8, 4) is 5.75 Å². The Morgan fingerprint density at radius 3 is 2.26 bits per heavy atom. The van der Waals surface area contributed by atoms with E-state index in [9.17, 15) is 13.2 Å². The SMILES string of the molecule is CCOc1ccc(N(CC(=O)Nc2ccccc2Cl)S(=O)(=O)c2ccc(C)cc2)cc1. The molecule has 0 aliphatic heterocycles. The molecule has 3 aromatic rings. The topological polar surface area (TPSA) is 75.7 Å². The Kier molecular flexibility index (Phi) is 7.20. The number of benzene rings is 3. The van der Waals surface area contributed by atoms with Crippen LogP contribution in [-0.4, -0.2) is 27.5 Å². The van der Waals surface area contributed by atoms with E-state index in [0.717, 1.165) is 9.87 Å². The van der Waals surface area contributed by atoms with E-state index in [2.05, 4.69) is 5.32 Å². The van der Waals surface area contributed by atoms with Crippen LogP contribution in [0.5, 0.6) is 5.75 Å². The molecule has 3 rings (SSSR count). The molecule has 0 saturated heterocycles. The van der Waals surface area contributed by atoms with Gasteiger partial charge >= 0.3 is 0 Å². The van der Waals surface area contributed by atoms with Crippen molar-refractivity contribution in [1.29, 1.82) is 0 Å². The predicted molar refractivity (Wildman–Crippen MR) is 123 cm³/mol. The lowest BCUT2D eigenvalue weighted by Crippen LogP contribution is -2.38. The summed E-state index contributed by atoms with van der Waals surface area (Å²) in [5, 5.41) is 3.04. The Morgan fingerprint density at radius 1 is 1.00 bits per heavy atom. The maximum absolute atomic E-state index is 13.4. The number of amides is 1. The molecule has 0 heterocycles. The van der Waals surface area contributed by atoms with Crippen LogP contribution < -0.4 is 14.4 Å². The van der Waals surface area contributed by atoms with Crippen molar-refractivity contribution in [2.75, 3.05) is 22.8 Å². The van der Waals surface area contributed by atoms with Crippen LogP contribution >= 0.6 is 11.6 Å². The molecule has 0 aromatic heterocycles. The number of sulfonamides is 1. The Hall–Kier alpha value is -3.03. The Morgan fingerprint density at radius 2 is 1.65 bits per heavy atom. The predicted octanol–water partition coefficient (Wildman–Crippen LogP) is 4.88. The van der Waals surface area contributed by atoms with Gasteiger partial charge in [0.2, 0.25) is 5.91 Å².